The van der Waals surface area contributed by atoms with Gasteiger partial charge in [-0.3, -0.25) is 4.68 Å². The average Bonchev–Trinajstić information content (AvgIpc) is 2.81. The standard InChI is InChI=1S/C11H13N5O2/c1-16-8(3-4-15-16)5-13-10-7-12-9(6-14-10)11(17)18-2/h3-4,6-7H,5H2,1-2H3,(H,13,14). The van der Waals surface area contributed by atoms with Crippen LogP contribution in [-0.2, 0) is 18.3 Å². The molecule has 0 saturated heterocycles. The minimum absolute atomic E-state index is 0.184. The summed E-state index contributed by atoms with van der Waals surface area (Å²) in [5, 5.41) is 7.14. The van der Waals surface area contributed by atoms with E-state index in [2.05, 4.69) is 25.1 Å². The molecule has 0 aromatic carbocycles. The number of methoxy groups -OCH3 is 1. The first-order chi connectivity index (χ1) is 8.70. The molecule has 0 bridgehead atoms. The number of rotatable bonds is 4. The molecule has 18 heavy (non-hydrogen) atoms. The van der Waals surface area contributed by atoms with Crippen LogP contribution < -0.4 is 5.32 Å². The largest absolute Gasteiger partial charge is 0.464 e. The lowest BCUT2D eigenvalue weighted by Crippen LogP contribution is -2.09. The Morgan fingerprint density at radius 2 is 2.28 bits per heavy atom. The first kappa shape index (κ1) is 12.0. The fourth-order valence-electron chi connectivity index (χ4n) is 1.39. The van der Waals surface area contributed by atoms with E-state index in [4.69, 9.17) is 0 Å². The fraction of sp³-hybridized carbons (Fsp3) is 0.273. The van der Waals surface area contributed by atoms with Crippen molar-refractivity contribution in [2.24, 2.45) is 7.05 Å². The Morgan fingerprint density at radius 1 is 1.44 bits per heavy atom. The number of anilines is 1. The molecule has 0 aliphatic carbocycles. The van der Waals surface area contributed by atoms with Crippen molar-refractivity contribution in [1.82, 2.24) is 19.7 Å². The first-order valence-electron chi connectivity index (χ1n) is 5.32. The van der Waals surface area contributed by atoms with Gasteiger partial charge in [0.25, 0.3) is 0 Å². The molecule has 2 aromatic rings. The zero-order valence-electron chi connectivity index (χ0n) is 10.1. The molecule has 0 radical (unpaired) electrons. The van der Waals surface area contributed by atoms with E-state index in [1.807, 2.05) is 13.1 Å². The van der Waals surface area contributed by atoms with Gasteiger partial charge in [0.15, 0.2) is 5.69 Å². The number of nitrogens with zero attached hydrogens (tertiary/aromatic N) is 4. The quantitative estimate of drug-likeness (QED) is 0.797. The molecule has 0 aliphatic heterocycles. The van der Waals surface area contributed by atoms with Crippen molar-refractivity contribution in [3.8, 4) is 0 Å². The number of carbonyl (C=O) groups is 1. The molecular weight excluding hydrogens is 234 g/mol. The van der Waals surface area contributed by atoms with Gasteiger partial charge in [-0.1, -0.05) is 0 Å². The first-order valence-corrected chi connectivity index (χ1v) is 5.32. The lowest BCUT2D eigenvalue weighted by Gasteiger charge is -2.05. The summed E-state index contributed by atoms with van der Waals surface area (Å²) in [6.45, 7) is 0.586. The van der Waals surface area contributed by atoms with Crippen molar-refractivity contribution in [3.05, 3.63) is 36.0 Å². The third-order valence-corrected chi connectivity index (χ3v) is 2.42. The zero-order valence-corrected chi connectivity index (χ0v) is 10.1. The fourth-order valence-corrected chi connectivity index (χ4v) is 1.39. The highest BCUT2D eigenvalue weighted by Gasteiger charge is 2.07. The molecule has 2 heterocycles. The predicted octanol–water partition coefficient (Wildman–Crippen LogP) is 0.609. The van der Waals surface area contributed by atoms with Gasteiger partial charge in [0.05, 0.1) is 31.7 Å². The Kier molecular flexibility index (Phi) is 3.52. The van der Waals surface area contributed by atoms with Crippen molar-refractivity contribution >= 4 is 11.8 Å². The maximum absolute atomic E-state index is 11.2. The summed E-state index contributed by atoms with van der Waals surface area (Å²) in [7, 11) is 3.17. The molecule has 94 valence electrons. The highest BCUT2D eigenvalue weighted by Crippen LogP contribution is 2.05. The van der Waals surface area contributed by atoms with Crippen LogP contribution in [0.15, 0.2) is 24.7 Å². The number of ether oxygens (including phenoxy) is 1. The molecule has 7 nitrogen and oxygen atoms in total. The van der Waals surface area contributed by atoms with Crippen LogP contribution in [0.1, 0.15) is 16.2 Å². The van der Waals surface area contributed by atoms with Crippen molar-refractivity contribution in [2.75, 3.05) is 12.4 Å². The van der Waals surface area contributed by atoms with E-state index in [1.54, 1.807) is 10.9 Å². The topological polar surface area (TPSA) is 81.9 Å². The molecular formula is C11H13N5O2. The van der Waals surface area contributed by atoms with Gasteiger partial charge in [0, 0.05) is 13.2 Å². The summed E-state index contributed by atoms with van der Waals surface area (Å²) in [6.07, 6.45) is 4.59. The molecule has 0 atom stereocenters. The maximum Gasteiger partial charge on any atom is 0.358 e. The van der Waals surface area contributed by atoms with Gasteiger partial charge in [0.1, 0.15) is 5.82 Å². The van der Waals surface area contributed by atoms with Gasteiger partial charge in [-0.05, 0) is 6.07 Å². The van der Waals surface area contributed by atoms with E-state index < -0.39 is 5.97 Å². The van der Waals surface area contributed by atoms with Crippen molar-refractivity contribution < 1.29 is 9.53 Å². The van der Waals surface area contributed by atoms with Crippen molar-refractivity contribution in [2.45, 2.75) is 6.54 Å². The van der Waals surface area contributed by atoms with E-state index in [-0.39, 0.29) is 5.69 Å². The summed E-state index contributed by atoms with van der Waals surface area (Å²) < 4.78 is 6.30. The normalized spacial score (nSPS) is 10.1. The van der Waals surface area contributed by atoms with E-state index >= 15 is 0 Å². The Bertz CT molecular complexity index is 535. The number of aryl methyl sites for hydroxylation is 1. The number of hydrogen-bond donors (Lipinski definition) is 1. The Balaban J connectivity index is 1.98. The summed E-state index contributed by atoms with van der Waals surface area (Å²) in [5.74, 6) is 0.0875. The van der Waals surface area contributed by atoms with Crippen molar-refractivity contribution in [3.63, 3.8) is 0 Å². The smallest absolute Gasteiger partial charge is 0.358 e. The number of hydrogen-bond acceptors (Lipinski definition) is 6. The van der Waals surface area contributed by atoms with Crippen LogP contribution in [0, 0.1) is 0 Å². The van der Waals surface area contributed by atoms with Gasteiger partial charge in [-0.15, -0.1) is 0 Å². The van der Waals surface area contributed by atoms with Crippen LogP contribution in [0.2, 0.25) is 0 Å². The Hall–Kier alpha value is -2.44. The van der Waals surface area contributed by atoms with Crippen molar-refractivity contribution in [1.29, 1.82) is 0 Å². The third kappa shape index (κ3) is 2.62. The second kappa shape index (κ2) is 5.26. The Morgan fingerprint density at radius 3 is 2.83 bits per heavy atom. The number of carbonyl (C=O) groups excluding carboxylic acids is 1. The van der Waals surface area contributed by atoms with Crippen LogP contribution in [0.25, 0.3) is 0 Å². The van der Waals surface area contributed by atoms with E-state index in [0.717, 1.165) is 5.69 Å². The number of esters is 1. The maximum atomic E-state index is 11.2. The predicted molar refractivity (Wildman–Crippen MR) is 63.9 cm³/mol. The monoisotopic (exact) mass is 247 g/mol. The second-order valence-corrected chi connectivity index (χ2v) is 3.58. The average molecular weight is 247 g/mol. The van der Waals surface area contributed by atoms with Crippen LogP contribution >= 0.6 is 0 Å². The molecule has 0 unspecified atom stereocenters. The molecule has 1 N–H and O–H groups in total. The molecule has 0 aliphatic rings. The molecule has 0 amide bonds. The molecule has 2 rings (SSSR count). The van der Waals surface area contributed by atoms with Gasteiger partial charge in [0.2, 0.25) is 0 Å². The van der Waals surface area contributed by atoms with E-state index in [1.165, 1.54) is 19.5 Å². The minimum Gasteiger partial charge on any atom is -0.464 e. The summed E-state index contributed by atoms with van der Waals surface area (Å²) >= 11 is 0. The lowest BCUT2D eigenvalue weighted by atomic mass is 10.4. The summed E-state index contributed by atoms with van der Waals surface area (Å²) in [5.41, 5.74) is 1.21. The highest BCUT2D eigenvalue weighted by atomic mass is 16.5. The van der Waals surface area contributed by atoms with Gasteiger partial charge in [-0.2, -0.15) is 5.10 Å². The minimum atomic E-state index is -0.499. The van der Waals surface area contributed by atoms with Crippen LogP contribution in [-0.4, -0.2) is 32.8 Å². The van der Waals surface area contributed by atoms with Crippen LogP contribution in [0.5, 0.6) is 0 Å². The summed E-state index contributed by atoms with van der Waals surface area (Å²) in [4.78, 5) is 19.2. The molecule has 7 heteroatoms. The van der Waals surface area contributed by atoms with E-state index in [9.17, 15) is 4.79 Å². The second-order valence-electron chi connectivity index (χ2n) is 3.58. The van der Waals surface area contributed by atoms with Gasteiger partial charge in [-0.25, -0.2) is 14.8 Å². The molecule has 0 spiro atoms. The number of aromatic nitrogens is 4. The van der Waals surface area contributed by atoms with Gasteiger partial charge >= 0.3 is 5.97 Å². The van der Waals surface area contributed by atoms with Gasteiger partial charge < -0.3 is 10.1 Å². The summed E-state index contributed by atoms with van der Waals surface area (Å²) in [6, 6.07) is 1.91. The molecule has 0 fully saturated rings. The van der Waals surface area contributed by atoms with Crippen LogP contribution in [0.4, 0.5) is 5.82 Å². The zero-order chi connectivity index (χ0) is 13.0. The highest BCUT2D eigenvalue weighted by molar-refractivity contribution is 5.86. The molecule has 0 saturated carbocycles. The van der Waals surface area contributed by atoms with Crippen LogP contribution in [0.3, 0.4) is 0 Å². The molecule has 2 aromatic heterocycles. The SMILES string of the molecule is COC(=O)c1cnc(NCc2ccnn2C)cn1. The Labute approximate surface area is 104 Å². The third-order valence-electron chi connectivity index (χ3n) is 2.42. The lowest BCUT2D eigenvalue weighted by molar-refractivity contribution is 0.0593. The number of nitrogens with one attached hydrogen (secondary N) is 1. The van der Waals surface area contributed by atoms with E-state index in [0.29, 0.717) is 12.4 Å².